The molecule has 22 heavy (non-hydrogen) atoms. The predicted octanol–water partition coefficient (Wildman–Crippen LogP) is 0.598. The van der Waals surface area contributed by atoms with Crippen molar-refractivity contribution in [2.45, 2.75) is 22.2 Å². The molecule has 1 aliphatic heterocycles. The van der Waals surface area contributed by atoms with Crippen LogP contribution in [-0.4, -0.2) is 32.4 Å². The number of ether oxygens (including phenoxy) is 1. The third-order valence-corrected chi connectivity index (χ3v) is 3.52. The Labute approximate surface area is 125 Å². The monoisotopic (exact) mass is 334 g/mol. The van der Waals surface area contributed by atoms with Gasteiger partial charge in [0.15, 0.2) is 11.8 Å². The summed E-state index contributed by atoms with van der Waals surface area (Å²) >= 11 is -0.652. The van der Waals surface area contributed by atoms with E-state index in [-0.39, 0.29) is 0 Å². The summed E-state index contributed by atoms with van der Waals surface area (Å²) in [4.78, 5) is 24.2. The predicted molar refractivity (Wildman–Crippen MR) is 71.1 cm³/mol. The van der Waals surface area contributed by atoms with E-state index in [9.17, 15) is 27.9 Å². The minimum atomic E-state index is -4.69. The summed E-state index contributed by atoms with van der Waals surface area (Å²) in [6, 6.07) is 0. The standard InChI is InChI=1S/C12H9F3N2O4S/c1-2-11(6-18)4-3-8(21-11)17-5-7(22-12(13,14)15)9(19)16-10(17)20/h1,3-5,8,18H,6H2,(H,16,19,20)/t8-,11+/m1/s1. The molecular weight excluding hydrogens is 325 g/mol. The van der Waals surface area contributed by atoms with Crippen LogP contribution in [0.4, 0.5) is 13.2 Å². The van der Waals surface area contributed by atoms with Gasteiger partial charge in [0.05, 0.1) is 11.5 Å². The van der Waals surface area contributed by atoms with Gasteiger partial charge in [-0.15, -0.1) is 6.42 Å². The Morgan fingerprint density at radius 3 is 2.73 bits per heavy atom. The smallest absolute Gasteiger partial charge is 0.392 e. The van der Waals surface area contributed by atoms with Crippen molar-refractivity contribution in [1.82, 2.24) is 9.55 Å². The number of terminal acetylenes is 1. The van der Waals surface area contributed by atoms with E-state index in [2.05, 4.69) is 5.92 Å². The maximum Gasteiger partial charge on any atom is 0.446 e. The molecule has 0 bridgehead atoms. The van der Waals surface area contributed by atoms with Crippen LogP contribution < -0.4 is 11.2 Å². The van der Waals surface area contributed by atoms with Crippen LogP contribution in [0.25, 0.3) is 0 Å². The van der Waals surface area contributed by atoms with E-state index in [1.807, 2.05) is 0 Å². The SMILES string of the molecule is C#C[C@@]1(CO)C=C[C@H](n2cc(SC(F)(F)F)c(=O)[nH]c2=O)O1. The van der Waals surface area contributed by atoms with E-state index in [0.29, 0.717) is 0 Å². The third kappa shape index (κ3) is 3.27. The molecule has 10 heteroatoms. The Kier molecular flexibility index (Phi) is 4.23. The van der Waals surface area contributed by atoms with Gasteiger partial charge in [-0.25, -0.2) is 4.79 Å². The molecule has 0 unspecified atom stereocenters. The van der Waals surface area contributed by atoms with Crippen molar-refractivity contribution in [3.8, 4) is 12.3 Å². The molecule has 0 spiro atoms. The highest BCUT2D eigenvalue weighted by Crippen LogP contribution is 2.35. The fourth-order valence-electron chi connectivity index (χ4n) is 1.75. The number of rotatable bonds is 3. The zero-order chi connectivity index (χ0) is 16.5. The minimum Gasteiger partial charge on any atom is -0.392 e. The molecule has 1 aromatic heterocycles. The highest BCUT2D eigenvalue weighted by atomic mass is 32.2. The number of nitrogens with zero attached hydrogens (tertiary/aromatic N) is 1. The van der Waals surface area contributed by atoms with Gasteiger partial charge in [-0.1, -0.05) is 5.92 Å². The van der Waals surface area contributed by atoms with E-state index in [4.69, 9.17) is 11.2 Å². The molecule has 1 aliphatic rings. The van der Waals surface area contributed by atoms with E-state index >= 15 is 0 Å². The first kappa shape index (κ1) is 16.4. The number of halogens is 3. The van der Waals surface area contributed by atoms with E-state index in [1.165, 1.54) is 12.2 Å². The lowest BCUT2D eigenvalue weighted by Gasteiger charge is -2.22. The van der Waals surface area contributed by atoms with Crippen molar-refractivity contribution >= 4 is 11.8 Å². The van der Waals surface area contributed by atoms with E-state index in [1.54, 1.807) is 4.98 Å². The fraction of sp³-hybridized carbons (Fsp3) is 0.333. The summed E-state index contributed by atoms with van der Waals surface area (Å²) < 4.78 is 43.2. The summed E-state index contributed by atoms with van der Waals surface area (Å²) in [7, 11) is 0. The molecule has 0 fully saturated rings. The Morgan fingerprint density at radius 2 is 2.23 bits per heavy atom. The Balaban J connectivity index is 2.40. The number of nitrogens with one attached hydrogen (secondary N) is 1. The van der Waals surface area contributed by atoms with Crippen LogP contribution >= 0.6 is 11.8 Å². The van der Waals surface area contributed by atoms with Crippen molar-refractivity contribution in [2.75, 3.05) is 6.61 Å². The second kappa shape index (κ2) is 5.68. The summed E-state index contributed by atoms with van der Waals surface area (Å²) in [6.07, 6.45) is 7.42. The highest BCUT2D eigenvalue weighted by Gasteiger charge is 2.35. The number of aromatic amines is 1. The normalized spacial score (nSPS) is 24.4. The Bertz CT molecular complexity index is 761. The molecule has 6 nitrogen and oxygen atoms in total. The van der Waals surface area contributed by atoms with Gasteiger partial charge in [-0.2, -0.15) is 13.2 Å². The van der Waals surface area contributed by atoms with Gasteiger partial charge in [-0.3, -0.25) is 14.3 Å². The first-order valence-corrected chi connectivity index (χ1v) is 6.58. The van der Waals surface area contributed by atoms with Crippen molar-refractivity contribution < 1.29 is 23.0 Å². The largest absolute Gasteiger partial charge is 0.446 e. The minimum absolute atomic E-state index is 0.571. The number of aromatic nitrogens is 2. The van der Waals surface area contributed by atoms with Gasteiger partial charge in [0.2, 0.25) is 0 Å². The summed E-state index contributed by atoms with van der Waals surface area (Å²) in [5.74, 6) is 2.18. The van der Waals surface area contributed by atoms with Crippen molar-refractivity contribution in [2.24, 2.45) is 0 Å². The van der Waals surface area contributed by atoms with Crippen LogP contribution in [0.2, 0.25) is 0 Å². The maximum atomic E-state index is 12.4. The molecule has 2 atom stereocenters. The van der Waals surface area contributed by atoms with Gasteiger partial charge < -0.3 is 9.84 Å². The fourth-order valence-corrected chi connectivity index (χ4v) is 2.31. The van der Waals surface area contributed by atoms with Crippen LogP contribution in [0, 0.1) is 12.3 Å². The summed E-state index contributed by atoms with van der Waals surface area (Å²) in [5.41, 5.74) is -8.26. The quantitative estimate of drug-likeness (QED) is 0.480. The average Bonchev–Trinajstić information content (AvgIpc) is 2.85. The first-order chi connectivity index (χ1) is 10.2. The van der Waals surface area contributed by atoms with Crippen molar-refractivity contribution in [3.63, 3.8) is 0 Å². The third-order valence-electron chi connectivity index (χ3n) is 2.78. The molecule has 0 radical (unpaired) electrons. The molecule has 1 aromatic rings. The van der Waals surface area contributed by atoms with Gasteiger partial charge in [0.1, 0.15) is 0 Å². The number of hydrogen-bond acceptors (Lipinski definition) is 5. The number of aliphatic hydroxyl groups is 1. The summed E-state index contributed by atoms with van der Waals surface area (Å²) in [5, 5.41) is 9.19. The molecular formula is C12H9F3N2O4S. The Hall–Kier alpha value is -1.96. The van der Waals surface area contributed by atoms with Crippen molar-refractivity contribution in [3.05, 3.63) is 39.2 Å². The molecule has 0 aromatic carbocycles. The topological polar surface area (TPSA) is 84.3 Å². The van der Waals surface area contributed by atoms with Crippen LogP contribution in [0.15, 0.2) is 32.8 Å². The van der Waals surface area contributed by atoms with Crippen molar-refractivity contribution in [1.29, 1.82) is 0 Å². The summed E-state index contributed by atoms with van der Waals surface area (Å²) in [6.45, 7) is -0.571. The first-order valence-electron chi connectivity index (χ1n) is 5.77. The van der Waals surface area contributed by atoms with E-state index in [0.717, 1.165) is 10.8 Å². The van der Waals surface area contributed by atoms with Crippen LogP contribution in [0.3, 0.4) is 0 Å². The number of aliphatic hydroxyl groups excluding tert-OH is 1. The van der Waals surface area contributed by atoms with Crippen LogP contribution in [-0.2, 0) is 4.74 Å². The molecule has 0 saturated heterocycles. The number of alkyl halides is 3. The lowest BCUT2D eigenvalue weighted by Crippen LogP contribution is -2.36. The number of thioether (sulfide) groups is 1. The van der Waals surface area contributed by atoms with Crippen LogP contribution in [0.1, 0.15) is 6.23 Å². The maximum absolute atomic E-state index is 12.4. The van der Waals surface area contributed by atoms with E-state index < -0.39 is 51.9 Å². The van der Waals surface area contributed by atoms with Gasteiger partial charge in [-0.05, 0) is 23.9 Å². The molecule has 0 aliphatic carbocycles. The van der Waals surface area contributed by atoms with Crippen LogP contribution in [0.5, 0.6) is 0 Å². The lowest BCUT2D eigenvalue weighted by molar-refractivity contribution is -0.0507. The molecule has 0 amide bonds. The number of H-pyrrole nitrogens is 1. The second-order valence-electron chi connectivity index (χ2n) is 4.27. The number of hydrogen-bond donors (Lipinski definition) is 2. The van der Waals surface area contributed by atoms with Gasteiger partial charge in [0.25, 0.3) is 5.56 Å². The average molecular weight is 334 g/mol. The van der Waals surface area contributed by atoms with Gasteiger partial charge in [0, 0.05) is 6.20 Å². The molecule has 2 heterocycles. The molecule has 118 valence electrons. The molecule has 0 saturated carbocycles. The highest BCUT2D eigenvalue weighted by molar-refractivity contribution is 8.00. The molecule has 2 rings (SSSR count). The van der Waals surface area contributed by atoms with Gasteiger partial charge >= 0.3 is 11.2 Å². The Morgan fingerprint density at radius 1 is 1.55 bits per heavy atom. The zero-order valence-corrected chi connectivity index (χ0v) is 11.6. The lowest BCUT2D eigenvalue weighted by atomic mass is 10.1. The second-order valence-corrected chi connectivity index (χ2v) is 5.37. The zero-order valence-electron chi connectivity index (χ0n) is 10.8. The molecule has 2 N–H and O–H groups in total.